The van der Waals surface area contributed by atoms with Crippen LogP contribution in [0.15, 0.2) is 6.08 Å². The maximum absolute atomic E-state index is 10.8. The zero-order valence-corrected chi connectivity index (χ0v) is 13.0. The van der Waals surface area contributed by atoms with Crippen molar-refractivity contribution >= 4 is 17.9 Å². The fourth-order valence-electron chi connectivity index (χ4n) is 2.79. The van der Waals surface area contributed by atoms with Crippen LogP contribution in [-0.4, -0.2) is 46.2 Å². The SMILES string of the molecule is CCC1COC(C)CN1c1c(C=CC(=O)O)c(C)nn1C. The lowest BCUT2D eigenvalue weighted by Crippen LogP contribution is -2.49. The smallest absolute Gasteiger partial charge is 0.328 e. The number of aryl methyl sites for hydroxylation is 2. The number of nitrogens with zero attached hydrogens (tertiary/aromatic N) is 3. The van der Waals surface area contributed by atoms with Crippen LogP contribution in [-0.2, 0) is 16.6 Å². The first kappa shape index (κ1) is 15.6. The van der Waals surface area contributed by atoms with Crippen LogP contribution < -0.4 is 4.90 Å². The van der Waals surface area contributed by atoms with Gasteiger partial charge in [-0.05, 0) is 26.3 Å². The molecule has 21 heavy (non-hydrogen) atoms. The number of rotatable bonds is 4. The summed E-state index contributed by atoms with van der Waals surface area (Å²) in [5.74, 6) is 0.0126. The average molecular weight is 293 g/mol. The molecule has 116 valence electrons. The number of ether oxygens (including phenoxy) is 1. The van der Waals surface area contributed by atoms with Gasteiger partial charge in [-0.2, -0.15) is 5.10 Å². The summed E-state index contributed by atoms with van der Waals surface area (Å²) >= 11 is 0. The lowest BCUT2D eigenvalue weighted by molar-refractivity contribution is -0.131. The first-order valence-electron chi connectivity index (χ1n) is 7.26. The average Bonchev–Trinajstić information content (AvgIpc) is 2.70. The quantitative estimate of drug-likeness (QED) is 0.858. The van der Waals surface area contributed by atoms with E-state index in [0.29, 0.717) is 6.61 Å². The third-order valence-corrected chi connectivity index (χ3v) is 3.84. The predicted molar refractivity (Wildman–Crippen MR) is 81.5 cm³/mol. The maximum Gasteiger partial charge on any atom is 0.328 e. The summed E-state index contributed by atoms with van der Waals surface area (Å²) in [5.41, 5.74) is 1.70. The Bertz CT molecular complexity index is 551. The molecule has 2 rings (SSSR count). The van der Waals surface area contributed by atoms with Gasteiger partial charge in [0.05, 0.1) is 24.4 Å². The van der Waals surface area contributed by atoms with E-state index < -0.39 is 5.97 Å². The number of carbonyl (C=O) groups is 1. The molecule has 0 spiro atoms. The minimum Gasteiger partial charge on any atom is -0.478 e. The van der Waals surface area contributed by atoms with Crippen molar-refractivity contribution < 1.29 is 14.6 Å². The van der Waals surface area contributed by atoms with Crippen LogP contribution in [0, 0.1) is 6.92 Å². The molecule has 1 aromatic rings. The van der Waals surface area contributed by atoms with Crippen LogP contribution in [0.5, 0.6) is 0 Å². The zero-order valence-electron chi connectivity index (χ0n) is 13.0. The number of carboxylic acids is 1. The van der Waals surface area contributed by atoms with E-state index in [1.165, 1.54) is 6.08 Å². The minimum absolute atomic E-state index is 0.152. The molecule has 1 aromatic heterocycles. The highest BCUT2D eigenvalue weighted by Crippen LogP contribution is 2.29. The molecule has 6 heteroatoms. The maximum atomic E-state index is 10.8. The van der Waals surface area contributed by atoms with Crippen LogP contribution in [0.2, 0.25) is 0 Å². The van der Waals surface area contributed by atoms with Gasteiger partial charge in [-0.25, -0.2) is 4.79 Å². The van der Waals surface area contributed by atoms with Crippen molar-refractivity contribution in [2.75, 3.05) is 18.1 Å². The third-order valence-electron chi connectivity index (χ3n) is 3.84. The van der Waals surface area contributed by atoms with Crippen molar-refractivity contribution in [1.29, 1.82) is 0 Å². The Labute approximate surface area is 125 Å². The Hall–Kier alpha value is -1.82. The lowest BCUT2D eigenvalue weighted by atomic mass is 10.1. The van der Waals surface area contributed by atoms with E-state index in [0.717, 1.165) is 30.0 Å². The molecule has 1 aliphatic heterocycles. The number of hydrogen-bond acceptors (Lipinski definition) is 4. The first-order chi connectivity index (χ1) is 9.93. The summed E-state index contributed by atoms with van der Waals surface area (Å²) in [6.45, 7) is 7.55. The van der Waals surface area contributed by atoms with Crippen molar-refractivity contribution in [2.24, 2.45) is 7.05 Å². The van der Waals surface area contributed by atoms with E-state index >= 15 is 0 Å². The highest BCUT2D eigenvalue weighted by atomic mass is 16.5. The van der Waals surface area contributed by atoms with Gasteiger partial charge in [-0.1, -0.05) is 6.92 Å². The van der Waals surface area contributed by atoms with Gasteiger partial charge in [0.15, 0.2) is 0 Å². The Morgan fingerprint density at radius 2 is 2.29 bits per heavy atom. The standard InChI is InChI=1S/C15H23N3O3/c1-5-12-9-21-10(2)8-18(12)15-13(6-7-14(19)20)11(3)16-17(15)4/h6-7,10,12H,5,8-9H2,1-4H3,(H,19,20). The van der Waals surface area contributed by atoms with E-state index in [4.69, 9.17) is 9.84 Å². The fourth-order valence-corrected chi connectivity index (χ4v) is 2.79. The van der Waals surface area contributed by atoms with Crippen molar-refractivity contribution in [2.45, 2.75) is 39.3 Å². The molecule has 1 saturated heterocycles. The molecule has 1 fully saturated rings. The second-order valence-electron chi connectivity index (χ2n) is 5.48. The highest BCUT2D eigenvalue weighted by molar-refractivity contribution is 5.87. The molecule has 1 N–H and O–H groups in total. The zero-order chi connectivity index (χ0) is 15.6. The van der Waals surface area contributed by atoms with E-state index in [-0.39, 0.29) is 12.1 Å². The fraction of sp³-hybridized carbons (Fsp3) is 0.600. The van der Waals surface area contributed by atoms with Crippen molar-refractivity contribution in [3.63, 3.8) is 0 Å². The van der Waals surface area contributed by atoms with Crippen LogP contribution >= 0.6 is 0 Å². The summed E-state index contributed by atoms with van der Waals surface area (Å²) in [4.78, 5) is 13.1. The van der Waals surface area contributed by atoms with Gasteiger partial charge in [0.1, 0.15) is 5.82 Å². The normalized spacial score (nSPS) is 23.0. The molecular formula is C15H23N3O3. The molecule has 2 heterocycles. The summed E-state index contributed by atoms with van der Waals surface area (Å²) in [5, 5.41) is 13.3. The van der Waals surface area contributed by atoms with E-state index in [1.807, 2.05) is 18.7 Å². The summed E-state index contributed by atoms with van der Waals surface area (Å²) in [6.07, 6.45) is 3.92. The Morgan fingerprint density at radius 3 is 2.90 bits per heavy atom. The molecule has 0 radical (unpaired) electrons. The van der Waals surface area contributed by atoms with E-state index in [9.17, 15) is 4.79 Å². The van der Waals surface area contributed by atoms with Gasteiger partial charge < -0.3 is 14.7 Å². The van der Waals surface area contributed by atoms with Crippen molar-refractivity contribution in [3.8, 4) is 0 Å². The first-order valence-corrected chi connectivity index (χ1v) is 7.26. The minimum atomic E-state index is -0.952. The number of hydrogen-bond donors (Lipinski definition) is 1. The van der Waals surface area contributed by atoms with Crippen LogP contribution in [0.3, 0.4) is 0 Å². The Balaban J connectivity index is 2.43. The van der Waals surface area contributed by atoms with Gasteiger partial charge in [-0.15, -0.1) is 0 Å². The van der Waals surface area contributed by atoms with Gasteiger partial charge in [0.25, 0.3) is 0 Å². The van der Waals surface area contributed by atoms with Gasteiger partial charge >= 0.3 is 5.97 Å². The van der Waals surface area contributed by atoms with Gasteiger partial charge in [0.2, 0.25) is 0 Å². The number of anilines is 1. The van der Waals surface area contributed by atoms with Crippen LogP contribution in [0.25, 0.3) is 6.08 Å². The predicted octanol–water partition coefficient (Wildman–Crippen LogP) is 1.83. The number of morpholine rings is 1. The number of carboxylic acid groups (broad SMARTS) is 1. The molecule has 0 amide bonds. The Morgan fingerprint density at radius 1 is 1.57 bits per heavy atom. The van der Waals surface area contributed by atoms with Crippen molar-refractivity contribution in [3.05, 3.63) is 17.3 Å². The van der Waals surface area contributed by atoms with Crippen LogP contribution in [0.4, 0.5) is 5.82 Å². The molecule has 0 aromatic carbocycles. The summed E-state index contributed by atoms with van der Waals surface area (Å²) in [7, 11) is 1.90. The Kier molecular flexibility index (Phi) is 4.67. The number of aromatic nitrogens is 2. The topological polar surface area (TPSA) is 67.6 Å². The van der Waals surface area contributed by atoms with Gasteiger partial charge in [0, 0.05) is 25.2 Å². The molecule has 0 saturated carbocycles. The monoisotopic (exact) mass is 293 g/mol. The molecule has 1 aliphatic rings. The lowest BCUT2D eigenvalue weighted by Gasteiger charge is -2.40. The second kappa shape index (κ2) is 6.30. The van der Waals surface area contributed by atoms with E-state index in [2.05, 4.69) is 23.8 Å². The molecule has 2 atom stereocenters. The largest absolute Gasteiger partial charge is 0.478 e. The molecule has 2 unspecified atom stereocenters. The second-order valence-corrected chi connectivity index (χ2v) is 5.48. The van der Waals surface area contributed by atoms with Crippen molar-refractivity contribution in [1.82, 2.24) is 9.78 Å². The summed E-state index contributed by atoms with van der Waals surface area (Å²) in [6, 6.07) is 0.285. The third kappa shape index (κ3) is 3.26. The van der Waals surface area contributed by atoms with Crippen LogP contribution in [0.1, 0.15) is 31.5 Å². The van der Waals surface area contributed by atoms with Gasteiger partial charge in [-0.3, -0.25) is 4.68 Å². The molecule has 0 bridgehead atoms. The number of aliphatic carboxylic acids is 1. The molecule has 6 nitrogen and oxygen atoms in total. The molecule has 0 aliphatic carbocycles. The van der Waals surface area contributed by atoms with E-state index in [1.54, 1.807) is 6.08 Å². The molecular weight excluding hydrogens is 270 g/mol. The summed E-state index contributed by atoms with van der Waals surface area (Å²) < 4.78 is 7.57. The highest BCUT2D eigenvalue weighted by Gasteiger charge is 2.29.